The van der Waals surface area contributed by atoms with Crippen LogP contribution in [0.3, 0.4) is 0 Å². The number of carbonyl (C=O) groups is 1. The number of allylic oxidation sites excluding steroid dienone is 4. The van der Waals surface area contributed by atoms with Gasteiger partial charge in [-0.15, -0.1) is 0 Å². The predicted molar refractivity (Wildman–Crippen MR) is 64.7 cm³/mol. The van der Waals surface area contributed by atoms with Crippen molar-refractivity contribution in [1.29, 1.82) is 0 Å². The van der Waals surface area contributed by atoms with Crippen molar-refractivity contribution in [2.24, 2.45) is 0 Å². The monoisotopic (exact) mass is 232 g/mol. The Morgan fingerprint density at radius 3 is 2.35 bits per heavy atom. The van der Waals surface area contributed by atoms with Gasteiger partial charge in [-0.1, -0.05) is 36.4 Å². The Morgan fingerprint density at radius 2 is 1.71 bits per heavy atom. The molecule has 0 heterocycles. The van der Waals surface area contributed by atoms with Crippen molar-refractivity contribution in [2.45, 2.75) is 0 Å². The highest BCUT2D eigenvalue weighted by atomic mass is 16.4. The van der Waals surface area contributed by atoms with Crippen molar-refractivity contribution < 1.29 is 20.1 Å². The average Bonchev–Trinajstić information content (AvgIpc) is 2.27. The molecule has 0 amide bonds. The number of aliphatic carboxylic acids is 1. The lowest BCUT2D eigenvalue weighted by atomic mass is 10.2. The molecule has 4 nitrogen and oxygen atoms in total. The maximum absolute atomic E-state index is 10.1. The summed E-state index contributed by atoms with van der Waals surface area (Å²) in [5, 5.41) is 26.6. The van der Waals surface area contributed by atoms with Crippen LogP contribution in [0.5, 0.6) is 11.5 Å². The first-order valence-corrected chi connectivity index (χ1v) is 4.86. The molecule has 88 valence electrons. The average molecular weight is 232 g/mol. The fraction of sp³-hybridized carbons (Fsp3) is 0. The summed E-state index contributed by atoms with van der Waals surface area (Å²) in [6, 6.07) is 4.46. The van der Waals surface area contributed by atoms with Crippen LogP contribution in [0, 0.1) is 0 Å². The Hall–Kier alpha value is -2.49. The van der Waals surface area contributed by atoms with Gasteiger partial charge in [0, 0.05) is 6.08 Å². The van der Waals surface area contributed by atoms with Crippen LogP contribution in [0.4, 0.5) is 0 Å². The van der Waals surface area contributed by atoms with Gasteiger partial charge in [0.1, 0.15) is 0 Å². The van der Waals surface area contributed by atoms with Crippen molar-refractivity contribution in [1.82, 2.24) is 0 Å². The minimum Gasteiger partial charge on any atom is -0.504 e. The van der Waals surface area contributed by atoms with Crippen LogP contribution in [-0.4, -0.2) is 21.3 Å². The number of benzene rings is 1. The van der Waals surface area contributed by atoms with Crippen molar-refractivity contribution in [2.75, 3.05) is 0 Å². The van der Waals surface area contributed by atoms with Gasteiger partial charge >= 0.3 is 5.97 Å². The van der Waals surface area contributed by atoms with Gasteiger partial charge in [0.05, 0.1) is 0 Å². The van der Waals surface area contributed by atoms with E-state index in [-0.39, 0.29) is 11.5 Å². The Balaban J connectivity index is 2.59. The van der Waals surface area contributed by atoms with Gasteiger partial charge in [0.25, 0.3) is 0 Å². The van der Waals surface area contributed by atoms with Crippen LogP contribution >= 0.6 is 0 Å². The van der Waals surface area contributed by atoms with Crippen molar-refractivity contribution in [3.05, 3.63) is 54.1 Å². The van der Waals surface area contributed by atoms with Crippen LogP contribution in [0.2, 0.25) is 0 Å². The lowest BCUT2D eigenvalue weighted by Gasteiger charge is -1.97. The second-order valence-corrected chi connectivity index (χ2v) is 3.19. The molecule has 0 aliphatic heterocycles. The zero-order valence-corrected chi connectivity index (χ0v) is 8.95. The third kappa shape index (κ3) is 4.70. The predicted octanol–water partition coefficient (Wildman–Crippen LogP) is 2.31. The number of aromatic hydroxyl groups is 2. The van der Waals surface area contributed by atoms with Crippen LogP contribution in [0.25, 0.3) is 6.08 Å². The van der Waals surface area contributed by atoms with Crippen molar-refractivity contribution in [3.8, 4) is 11.5 Å². The highest BCUT2D eigenvalue weighted by Gasteiger charge is 1.96. The fourth-order valence-electron chi connectivity index (χ4n) is 1.08. The third-order valence-corrected chi connectivity index (χ3v) is 1.86. The molecular formula is C13H12O4. The number of rotatable bonds is 4. The van der Waals surface area contributed by atoms with Crippen molar-refractivity contribution in [3.63, 3.8) is 0 Å². The van der Waals surface area contributed by atoms with Gasteiger partial charge in [0.15, 0.2) is 11.5 Å². The van der Waals surface area contributed by atoms with Gasteiger partial charge in [-0.2, -0.15) is 0 Å². The zero-order valence-electron chi connectivity index (χ0n) is 8.95. The molecule has 0 spiro atoms. The van der Waals surface area contributed by atoms with E-state index in [0.717, 1.165) is 11.6 Å². The number of hydrogen-bond acceptors (Lipinski definition) is 3. The van der Waals surface area contributed by atoms with E-state index in [2.05, 4.69) is 0 Å². The molecule has 17 heavy (non-hydrogen) atoms. The third-order valence-electron chi connectivity index (χ3n) is 1.86. The molecule has 1 aromatic carbocycles. The molecule has 0 saturated heterocycles. The van der Waals surface area contributed by atoms with Crippen LogP contribution in [0.1, 0.15) is 5.56 Å². The lowest BCUT2D eigenvalue weighted by Crippen LogP contribution is -1.84. The maximum atomic E-state index is 10.1. The van der Waals surface area contributed by atoms with Crippen LogP contribution in [-0.2, 0) is 4.79 Å². The number of hydrogen-bond donors (Lipinski definition) is 3. The fourth-order valence-corrected chi connectivity index (χ4v) is 1.08. The molecule has 0 radical (unpaired) electrons. The highest BCUT2D eigenvalue weighted by Crippen LogP contribution is 2.25. The molecule has 1 rings (SSSR count). The number of carboxylic acids is 1. The Labute approximate surface area is 98.5 Å². The molecule has 0 unspecified atom stereocenters. The summed E-state index contributed by atoms with van der Waals surface area (Å²) in [6.45, 7) is 0. The summed E-state index contributed by atoms with van der Waals surface area (Å²) in [7, 11) is 0. The van der Waals surface area contributed by atoms with E-state index in [9.17, 15) is 9.90 Å². The first kappa shape index (κ1) is 12.6. The highest BCUT2D eigenvalue weighted by molar-refractivity contribution is 5.80. The van der Waals surface area contributed by atoms with Gasteiger partial charge in [-0.25, -0.2) is 4.79 Å². The molecule has 0 aromatic heterocycles. The summed E-state index contributed by atoms with van der Waals surface area (Å²) < 4.78 is 0. The van der Waals surface area contributed by atoms with E-state index in [1.807, 2.05) is 0 Å². The minimum absolute atomic E-state index is 0.165. The van der Waals surface area contributed by atoms with Gasteiger partial charge in [-0.3, -0.25) is 0 Å². The number of phenols is 2. The number of phenolic OH excluding ortho intramolecular Hbond substituents is 2. The maximum Gasteiger partial charge on any atom is 0.328 e. The normalized spacial score (nSPS) is 11.8. The summed E-state index contributed by atoms with van der Waals surface area (Å²) >= 11 is 0. The van der Waals surface area contributed by atoms with E-state index in [1.54, 1.807) is 30.4 Å². The molecule has 0 atom stereocenters. The molecule has 0 aliphatic rings. The second-order valence-electron chi connectivity index (χ2n) is 3.19. The lowest BCUT2D eigenvalue weighted by molar-refractivity contribution is -0.131. The molecule has 0 aliphatic carbocycles. The van der Waals surface area contributed by atoms with Crippen LogP contribution < -0.4 is 0 Å². The zero-order chi connectivity index (χ0) is 12.7. The standard InChI is InChI=1S/C13H12O4/c14-11-8-7-10(9-12(11)15)5-3-1-2-4-6-13(16)17/h1-9,14-15H,(H,16,17)/b2-1+,5-3+,6-4+. The molecule has 1 aromatic rings. The van der Waals surface area contributed by atoms with Gasteiger partial charge in [0.2, 0.25) is 0 Å². The topological polar surface area (TPSA) is 77.8 Å². The molecule has 3 N–H and O–H groups in total. The molecule has 0 fully saturated rings. The van der Waals surface area contributed by atoms with Crippen LogP contribution in [0.15, 0.2) is 48.6 Å². The summed E-state index contributed by atoms with van der Waals surface area (Å²) in [4.78, 5) is 10.1. The summed E-state index contributed by atoms with van der Waals surface area (Å²) in [5.74, 6) is -1.34. The van der Waals surface area contributed by atoms with Crippen molar-refractivity contribution >= 4 is 12.0 Å². The number of carboxylic acid groups (broad SMARTS) is 1. The Kier molecular flexibility index (Phi) is 4.57. The first-order valence-electron chi connectivity index (χ1n) is 4.86. The largest absolute Gasteiger partial charge is 0.504 e. The molecule has 4 heteroatoms. The molecular weight excluding hydrogens is 220 g/mol. The SMILES string of the molecule is O=C(O)/C=C/C=C/C=C/c1ccc(O)c(O)c1. The Bertz CT molecular complexity index is 484. The smallest absolute Gasteiger partial charge is 0.328 e. The van der Waals surface area contributed by atoms with Gasteiger partial charge < -0.3 is 15.3 Å². The first-order chi connectivity index (χ1) is 8.09. The molecule has 0 bridgehead atoms. The Morgan fingerprint density at radius 1 is 1.00 bits per heavy atom. The quantitative estimate of drug-likeness (QED) is 0.423. The minimum atomic E-state index is -0.998. The molecule has 0 saturated carbocycles. The van der Waals surface area contributed by atoms with E-state index in [4.69, 9.17) is 10.2 Å². The summed E-state index contributed by atoms with van der Waals surface area (Å²) in [5.41, 5.74) is 0.729. The second kappa shape index (κ2) is 6.17. The van der Waals surface area contributed by atoms with E-state index < -0.39 is 5.97 Å². The van der Waals surface area contributed by atoms with Gasteiger partial charge in [-0.05, 0) is 17.7 Å². The van der Waals surface area contributed by atoms with E-state index in [1.165, 1.54) is 18.2 Å². The van der Waals surface area contributed by atoms with E-state index >= 15 is 0 Å². The summed E-state index contributed by atoms with van der Waals surface area (Å²) in [6.07, 6.45) is 9.06. The van der Waals surface area contributed by atoms with E-state index in [0.29, 0.717) is 0 Å².